The highest BCUT2D eigenvalue weighted by Crippen LogP contribution is 2.32. The van der Waals surface area contributed by atoms with E-state index in [0.29, 0.717) is 11.7 Å². The van der Waals surface area contributed by atoms with E-state index >= 15 is 0 Å². The van der Waals surface area contributed by atoms with Gasteiger partial charge in [-0.1, -0.05) is 47.6 Å². The first-order chi connectivity index (χ1) is 15.0. The molecule has 31 heavy (non-hydrogen) atoms. The predicted octanol–water partition coefficient (Wildman–Crippen LogP) is 5.91. The van der Waals surface area contributed by atoms with Crippen LogP contribution in [0.5, 0.6) is 0 Å². The smallest absolute Gasteiger partial charge is 0.258 e. The van der Waals surface area contributed by atoms with Gasteiger partial charge in [-0.2, -0.15) is 4.98 Å². The Bertz CT molecular complexity index is 1400. The van der Waals surface area contributed by atoms with E-state index in [1.54, 1.807) is 0 Å². The molecule has 154 valence electrons. The van der Waals surface area contributed by atoms with Crippen molar-refractivity contribution in [3.63, 3.8) is 0 Å². The molecule has 0 atom stereocenters. The van der Waals surface area contributed by atoms with Crippen LogP contribution in [0.15, 0.2) is 71.3 Å². The summed E-state index contributed by atoms with van der Waals surface area (Å²) in [7, 11) is 0. The first-order valence-corrected chi connectivity index (χ1v) is 10.4. The van der Waals surface area contributed by atoms with Crippen LogP contribution in [0, 0.1) is 20.8 Å². The fourth-order valence-electron chi connectivity index (χ4n) is 4.10. The molecule has 0 aliphatic heterocycles. The zero-order chi connectivity index (χ0) is 21.5. The third kappa shape index (κ3) is 3.28. The summed E-state index contributed by atoms with van der Waals surface area (Å²) in [4.78, 5) is 4.65. The summed E-state index contributed by atoms with van der Waals surface area (Å²) in [5.41, 5.74) is 14.5. The minimum absolute atomic E-state index is 0.506. The van der Waals surface area contributed by atoms with Crippen molar-refractivity contribution in [3.8, 4) is 22.8 Å². The second kappa shape index (κ2) is 7.43. The molecule has 0 fully saturated rings. The van der Waals surface area contributed by atoms with E-state index in [9.17, 15) is 0 Å². The average Bonchev–Trinajstić information content (AvgIpc) is 3.36. The number of nitrogens with two attached hydrogens (primary N) is 1. The molecule has 0 aliphatic rings. The summed E-state index contributed by atoms with van der Waals surface area (Å²) in [5.74, 6) is 1.06. The van der Waals surface area contributed by atoms with Crippen LogP contribution in [-0.4, -0.2) is 14.7 Å². The zero-order valence-corrected chi connectivity index (χ0v) is 17.9. The van der Waals surface area contributed by atoms with Gasteiger partial charge in [0.2, 0.25) is 5.82 Å². The molecule has 0 radical (unpaired) electrons. The normalized spacial score (nSPS) is 11.3. The van der Waals surface area contributed by atoms with Crippen LogP contribution >= 0.6 is 0 Å². The molecule has 3 aromatic carbocycles. The quantitative estimate of drug-likeness (QED) is 0.375. The summed E-state index contributed by atoms with van der Waals surface area (Å²) < 4.78 is 7.97. The van der Waals surface area contributed by atoms with Gasteiger partial charge in [0.05, 0.1) is 0 Å². The van der Waals surface area contributed by atoms with E-state index in [-0.39, 0.29) is 0 Å². The summed E-state index contributed by atoms with van der Waals surface area (Å²) in [5, 5.41) is 5.40. The Hall–Kier alpha value is -3.86. The number of rotatable bonds is 4. The Kier molecular flexibility index (Phi) is 4.59. The molecule has 2 aromatic heterocycles. The van der Waals surface area contributed by atoms with Gasteiger partial charge in [0, 0.05) is 40.0 Å². The molecule has 0 amide bonds. The van der Waals surface area contributed by atoms with Gasteiger partial charge >= 0.3 is 0 Å². The van der Waals surface area contributed by atoms with E-state index < -0.39 is 0 Å². The fraction of sp³-hybridized carbons (Fsp3) is 0.154. The molecule has 0 aliphatic carbocycles. The Morgan fingerprint density at radius 1 is 0.903 bits per heavy atom. The molecule has 0 saturated heterocycles. The lowest BCUT2D eigenvalue weighted by Gasteiger charge is -2.09. The van der Waals surface area contributed by atoms with E-state index in [1.165, 1.54) is 27.7 Å². The van der Waals surface area contributed by atoms with Crippen LogP contribution in [0.3, 0.4) is 0 Å². The highest BCUT2D eigenvalue weighted by molar-refractivity contribution is 5.89. The number of anilines is 1. The molecular formula is C26H24N4O. The highest BCUT2D eigenvalue weighted by atomic mass is 16.5. The number of nitrogens with zero attached hydrogens (tertiary/aromatic N) is 3. The average molecular weight is 409 g/mol. The monoisotopic (exact) mass is 408 g/mol. The summed E-state index contributed by atoms with van der Waals surface area (Å²) >= 11 is 0. The van der Waals surface area contributed by atoms with Crippen LogP contribution in [0.2, 0.25) is 0 Å². The minimum Gasteiger partial charge on any atom is -0.398 e. The Morgan fingerprint density at radius 3 is 2.52 bits per heavy atom. The molecule has 0 saturated carbocycles. The summed E-state index contributed by atoms with van der Waals surface area (Å²) in [6.07, 6.45) is 0. The molecule has 0 bridgehead atoms. The predicted molar refractivity (Wildman–Crippen MR) is 125 cm³/mol. The molecule has 5 aromatic rings. The number of aryl methyl sites for hydroxylation is 1. The van der Waals surface area contributed by atoms with Crippen molar-refractivity contribution in [2.24, 2.45) is 0 Å². The number of nitrogen functional groups attached to an aromatic ring is 1. The first-order valence-electron chi connectivity index (χ1n) is 10.4. The standard InChI is InChI=1S/C26H24N4O/c1-16-18(3)30(15-19-8-5-4-6-9-19)24-13-12-20(14-22(16)24)26-28-25(29-31-26)21-10-7-11-23(27)17(21)2/h4-14H,15,27H2,1-3H3. The van der Waals surface area contributed by atoms with Gasteiger partial charge in [0.15, 0.2) is 0 Å². The van der Waals surface area contributed by atoms with Crippen molar-refractivity contribution in [3.05, 3.63) is 89.1 Å². The van der Waals surface area contributed by atoms with Gasteiger partial charge in [0.25, 0.3) is 5.89 Å². The molecule has 0 spiro atoms. The highest BCUT2D eigenvalue weighted by Gasteiger charge is 2.16. The van der Waals surface area contributed by atoms with Crippen molar-refractivity contribution < 1.29 is 4.52 Å². The first kappa shape index (κ1) is 19.1. The van der Waals surface area contributed by atoms with Gasteiger partial charge in [-0.25, -0.2) is 0 Å². The maximum atomic E-state index is 6.04. The molecule has 2 N–H and O–H groups in total. The van der Waals surface area contributed by atoms with Gasteiger partial charge in [0.1, 0.15) is 0 Å². The molecule has 2 heterocycles. The zero-order valence-electron chi connectivity index (χ0n) is 17.9. The second-order valence-corrected chi connectivity index (χ2v) is 7.96. The number of fused-ring (bicyclic) bond motifs is 1. The molecule has 5 rings (SSSR count). The van der Waals surface area contributed by atoms with Gasteiger partial charge < -0.3 is 14.8 Å². The van der Waals surface area contributed by atoms with Crippen LogP contribution in [0.25, 0.3) is 33.7 Å². The van der Waals surface area contributed by atoms with Crippen molar-refractivity contribution in [1.29, 1.82) is 0 Å². The molecule has 5 heteroatoms. The third-order valence-electron chi connectivity index (χ3n) is 6.11. The van der Waals surface area contributed by atoms with Crippen LogP contribution in [-0.2, 0) is 6.54 Å². The third-order valence-corrected chi connectivity index (χ3v) is 6.11. The summed E-state index contributed by atoms with van der Waals surface area (Å²) in [6.45, 7) is 7.15. The summed E-state index contributed by atoms with van der Waals surface area (Å²) in [6, 6.07) is 22.6. The molecule has 0 unspecified atom stereocenters. The van der Waals surface area contributed by atoms with Crippen molar-refractivity contribution in [2.45, 2.75) is 27.3 Å². The Morgan fingerprint density at radius 2 is 1.71 bits per heavy atom. The molecular weight excluding hydrogens is 384 g/mol. The Balaban J connectivity index is 1.55. The van der Waals surface area contributed by atoms with E-state index in [0.717, 1.165) is 28.9 Å². The van der Waals surface area contributed by atoms with E-state index in [4.69, 9.17) is 10.3 Å². The lowest BCUT2D eigenvalue weighted by atomic mass is 10.1. The van der Waals surface area contributed by atoms with Gasteiger partial charge in [-0.15, -0.1) is 0 Å². The van der Waals surface area contributed by atoms with Crippen LogP contribution < -0.4 is 5.73 Å². The van der Waals surface area contributed by atoms with Crippen molar-refractivity contribution >= 4 is 16.6 Å². The van der Waals surface area contributed by atoms with E-state index in [2.05, 4.69) is 65.0 Å². The number of hydrogen-bond donors (Lipinski definition) is 1. The van der Waals surface area contributed by atoms with Gasteiger partial charge in [-0.3, -0.25) is 0 Å². The van der Waals surface area contributed by atoms with E-state index in [1.807, 2.05) is 37.3 Å². The lowest BCUT2D eigenvalue weighted by Crippen LogP contribution is -2.01. The maximum absolute atomic E-state index is 6.04. The number of aromatic nitrogens is 3. The van der Waals surface area contributed by atoms with Crippen LogP contribution in [0.4, 0.5) is 5.69 Å². The van der Waals surface area contributed by atoms with Crippen molar-refractivity contribution in [1.82, 2.24) is 14.7 Å². The van der Waals surface area contributed by atoms with Crippen LogP contribution in [0.1, 0.15) is 22.4 Å². The lowest BCUT2D eigenvalue weighted by molar-refractivity contribution is 0.432. The van der Waals surface area contributed by atoms with Crippen molar-refractivity contribution in [2.75, 3.05) is 5.73 Å². The topological polar surface area (TPSA) is 69.9 Å². The number of hydrogen-bond acceptors (Lipinski definition) is 4. The minimum atomic E-state index is 0.506. The largest absolute Gasteiger partial charge is 0.398 e. The Labute approximate surface area is 181 Å². The maximum Gasteiger partial charge on any atom is 0.258 e. The SMILES string of the molecule is Cc1c(N)cccc1-c1noc(-c2ccc3c(c2)c(C)c(C)n3Cc2ccccc2)n1. The fourth-order valence-corrected chi connectivity index (χ4v) is 4.10. The molecule has 5 nitrogen and oxygen atoms in total. The number of benzene rings is 3. The second-order valence-electron chi connectivity index (χ2n) is 7.96. The van der Waals surface area contributed by atoms with Gasteiger partial charge in [-0.05, 0) is 61.7 Å².